The highest BCUT2D eigenvalue weighted by Gasteiger charge is 2.43. The summed E-state index contributed by atoms with van der Waals surface area (Å²) in [4.78, 5) is 4.09. The van der Waals surface area contributed by atoms with Crippen molar-refractivity contribution in [3.63, 3.8) is 0 Å². The van der Waals surface area contributed by atoms with Gasteiger partial charge >= 0.3 is 6.29 Å². The van der Waals surface area contributed by atoms with Crippen molar-refractivity contribution in [2.45, 2.75) is 13.2 Å². The minimum atomic E-state index is -3.60. The Morgan fingerprint density at radius 3 is 2.65 bits per heavy atom. The van der Waals surface area contributed by atoms with Crippen molar-refractivity contribution in [2.75, 3.05) is 0 Å². The molecule has 1 aliphatic heterocycles. The van der Waals surface area contributed by atoms with Crippen molar-refractivity contribution in [1.29, 1.82) is 0 Å². The molecule has 3 rings (SSSR count). The third-order valence-electron chi connectivity index (χ3n) is 2.32. The smallest absolute Gasteiger partial charge is 0.449 e. The Hall–Kier alpha value is -2.11. The molecule has 0 N–H and O–H groups in total. The van der Waals surface area contributed by atoms with Crippen LogP contribution in [-0.4, -0.2) is 11.3 Å². The van der Waals surface area contributed by atoms with Crippen LogP contribution < -0.4 is 9.47 Å². The summed E-state index contributed by atoms with van der Waals surface area (Å²) in [5, 5.41) is 0. The van der Waals surface area contributed by atoms with Gasteiger partial charge in [-0.25, -0.2) is 4.98 Å². The molecule has 0 fully saturated rings. The van der Waals surface area contributed by atoms with Gasteiger partial charge in [0, 0.05) is 12.5 Å². The highest BCUT2D eigenvalue weighted by Crippen LogP contribution is 2.42. The summed E-state index contributed by atoms with van der Waals surface area (Å²) < 4.78 is 39.3. The second-order valence-electron chi connectivity index (χ2n) is 3.58. The summed E-state index contributed by atoms with van der Waals surface area (Å²) >= 11 is 0. The summed E-state index contributed by atoms with van der Waals surface area (Å²) in [7, 11) is 0. The summed E-state index contributed by atoms with van der Waals surface area (Å²) in [6.07, 6.45) is -2.15. The zero-order valence-corrected chi connectivity index (χ0v) is 8.74. The minimum absolute atomic E-state index is 0.00634. The average molecular weight is 239 g/mol. The van der Waals surface area contributed by atoms with Crippen molar-refractivity contribution >= 4 is 0 Å². The molecule has 17 heavy (non-hydrogen) atoms. The zero-order valence-electron chi connectivity index (χ0n) is 8.74. The number of nitrogens with zero attached hydrogens (tertiary/aromatic N) is 1. The molecule has 6 heteroatoms. The number of oxazole rings is 1. The molecule has 0 saturated heterocycles. The van der Waals surface area contributed by atoms with Gasteiger partial charge in [0.2, 0.25) is 0 Å². The molecule has 0 spiro atoms. The molecule has 0 atom stereocenters. The molecule has 0 bridgehead atoms. The van der Waals surface area contributed by atoms with Crippen LogP contribution in [0, 0.1) is 6.92 Å². The lowest BCUT2D eigenvalue weighted by molar-refractivity contribution is -0.286. The molecule has 4 nitrogen and oxygen atoms in total. The Labute approximate surface area is 94.8 Å². The Balaban J connectivity index is 2.01. The fourth-order valence-corrected chi connectivity index (χ4v) is 1.60. The molecule has 2 heterocycles. The van der Waals surface area contributed by atoms with Crippen LogP contribution in [0.5, 0.6) is 11.5 Å². The minimum Gasteiger partial charge on any atom is -0.449 e. The van der Waals surface area contributed by atoms with Gasteiger partial charge in [-0.2, -0.15) is 0 Å². The van der Waals surface area contributed by atoms with Gasteiger partial charge in [0.15, 0.2) is 17.4 Å². The first-order chi connectivity index (χ1) is 8.03. The molecule has 2 aromatic rings. The first-order valence-corrected chi connectivity index (χ1v) is 4.86. The normalized spacial score (nSPS) is 16.2. The predicted molar refractivity (Wildman–Crippen MR) is 52.9 cm³/mol. The van der Waals surface area contributed by atoms with E-state index in [4.69, 9.17) is 4.42 Å². The van der Waals surface area contributed by atoms with Crippen LogP contribution in [0.25, 0.3) is 11.3 Å². The van der Waals surface area contributed by atoms with Gasteiger partial charge in [0.05, 0.1) is 0 Å². The standard InChI is InChI=1S/C11H7F2NO3/c1-6-14-8(5-15-6)7-2-3-9-10(4-7)17-11(12,13)16-9/h2-5H,1H3. The van der Waals surface area contributed by atoms with Gasteiger partial charge in [-0.05, 0) is 18.2 Å². The summed E-state index contributed by atoms with van der Waals surface area (Å²) in [6.45, 7) is 1.70. The highest BCUT2D eigenvalue weighted by molar-refractivity contribution is 5.63. The number of benzene rings is 1. The predicted octanol–water partition coefficient (Wildman–Crippen LogP) is 2.97. The lowest BCUT2D eigenvalue weighted by atomic mass is 10.1. The number of ether oxygens (including phenoxy) is 2. The number of aryl methyl sites for hydroxylation is 1. The monoisotopic (exact) mass is 239 g/mol. The van der Waals surface area contributed by atoms with E-state index in [1.807, 2.05) is 0 Å². The molecular weight excluding hydrogens is 232 g/mol. The van der Waals surface area contributed by atoms with Crippen molar-refractivity contribution in [2.24, 2.45) is 0 Å². The van der Waals surface area contributed by atoms with Crippen molar-refractivity contribution in [3.05, 3.63) is 30.4 Å². The van der Waals surface area contributed by atoms with E-state index in [-0.39, 0.29) is 11.5 Å². The van der Waals surface area contributed by atoms with Crippen LogP contribution in [0.2, 0.25) is 0 Å². The third-order valence-corrected chi connectivity index (χ3v) is 2.32. The second-order valence-corrected chi connectivity index (χ2v) is 3.58. The summed E-state index contributed by atoms with van der Waals surface area (Å²) in [6, 6.07) is 4.46. The fraction of sp³-hybridized carbons (Fsp3) is 0.182. The molecule has 1 aromatic carbocycles. The molecule has 0 unspecified atom stereocenters. The Morgan fingerprint density at radius 2 is 1.94 bits per heavy atom. The molecule has 1 aliphatic rings. The molecular formula is C11H7F2NO3. The zero-order chi connectivity index (χ0) is 12.0. The van der Waals surface area contributed by atoms with E-state index >= 15 is 0 Å². The Morgan fingerprint density at radius 1 is 1.18 bits per heavy atom. The van der Waals surface area contributed by atoms with Crippen LogP contribution in [0.1, 0.15) is 5.89 Å². The van der Waals surface area contributed by atoms with E-state index in [2.05, 4.69) is 14.5 Å². The number of hydrogen-bond acceptors (Lipinski definition) is 4. The van der Waals surface area contributed by atoms with Crippen molar-refractivity contribution in [1.82, 2.24) is 4.98 Å². The number of fused-ring (bicyclic) bond motifs is 1. The van der Waals surface area contributed by atoms with Crippen molar-refractivity contribution < 1.29 is 22.7 Å². The lowest BCUT2D eigenvalue weighted by Crippen LogP contribution is -2.25. The molecule has 0 radical (unpaired) electrons. The molecule has 1 aromatic heterocycles. The van der Waals surface area contributed by atoms with Crippen LogP contribution in [0.15, 0.2) is 28.9 Å². The highest BCUT2D eigenvalue weighted by atomic mass is 19.3. The molecule has 0 aliphatic carbocycles. The van der Waals surface area contributed by atoms with Crippen molar-refractivity contribution in [3.8, 4) is 22.8 Å². The van der Waals surface area contributed by atoms with E-state index in [0.29, 0.717) is 17.1 Å². The van der Waals surface area contributed by atoms with Gasteiger partial charge in [-0.1, -0.05) is 0 Å². The van der Waals surface area contributed by atoms with E-state index in [0.717, 1.165) is 0 Å². The van der Waals surface area contributed by atoms with E-state index < -0.39 is 6.29 Å². The maximum Gasteiger partial charge on any atom is 0.586 e. The maximum atomic E-state index is 12.8. The van der Waals surface area contributed by atoms with E-state index in [9.17, 15) is 8.78 Å². The van der Waals surface area contributed by atoms with Crippen LogP contribution in [-0.2, 0) is 0 Å². The van der Waals surface area contributed by atoms with Gasteiger partial charge in [0.1, 0.15) is 12.0 Å². The first-order valence-electron chi connectivity index (χ1n) is 4.86. The Bertz CT molecular complexity index is 580. The number of hydrogen-bond donors (Lipinski definition) is 0. The average Bonchev–Trinajstić information content (AvgIpc) is 2.78. The first kappa shape index (κ1) is 10.1. The topological polar surface area (TPSA) is 44.5 Å². The van der Waals surface area contributed by atoms with Gasteiger partial charge in [-0.3, -0.25) is 0 Å². The number of alkyl halides is 2. The molecule has 0 amide bonds. The quantitative estimate of drug-likeness (QED) is 0.767. The number of aromatic nitrogens is 1. The van der Waals surface area contributed by atoms with Crippen LogP contribution in [0.4, 0.5) is 8.78 Å². The third kappa shape index (κ3) is 1.71. The van der Waals surface area contributed by atoms with Gasteiger partial charge < -0.3 is 13.9 Å². The van der Waals surface area contributed by atoms with Gasteiger partial charge in [0.25, 0.3) is 0 Å². The summed E-state index contributed by atoms with van der Waals surface area (Å²) in [5.74, 6) is 0.509. The largest absolute Gasteiger partial charge is 0.586 e. The van der Waals surface area contributed by atoms with Crippen LogP contribution in [0.3, 0.4) is 0 Å². The SMILES string of the molecule is Cc1nc(-c2ccc3c(c2)OC(F)(F)O3)co1. The lowest BCUT2D eigenvalue weighted by Gasteiger charge is -2.04. The second kappa shape index (κ2) is 3.19. The fourth-order valence-electron chi connectivity index (χ4n) is 1.60. The maximum absolute atomic E-state index is 12.8. The van der Waals surface area contributed by atoms with Gasteiger partial charge in [-0.15, -0.1) is 8.78 Å². The number of rotatable bonds is 1. The van der Waals surface area contributed by atoms with E-state index in [1.165, 1.54) is 18.4 Å². The van der Waals surface area contributed by atoms with Crippen LogP contribution >= 0.6 is 0 Å². The Kier molecular flexibility index (Phi) is 1.89. The molecule has 0 saturated carbocycles. The molecule has 88 valence electrons. The number of halogens is 2. The van der Waals surface area contributed by atoms with E-state index in [1.54, 1.807) is 13.0 Å². The summed E-state index contributed by atoms with van der Waals surface area (Å²) in [5.41, 5.74) is 1.19.